The first-order valence-corrected chi connectivity index (χ1v) is 9.40. The standard InChI is InChI=1S/C21H24F2N2O2/c1-14-7-9-17(24(14)20(22)23)19(27)25-16-8-10-18(25)21(12-16,13-26)11-15-5-3-2-4-6-15/h2-7,9,16,18,20,26H,8,10-13H2,1H3/t16-,18+,21-/m0/s1. The molecule has 1 amide bonds. The number of fused-ring (bicyclic) bond motifs is 2. The minimum absolute atomic E-state index is 0.000286. The molecule has 4 nitrogen and oxygen atoms in total. The van der Waals surface area contributed by atoms with Gasteiger partial charge in [-0.15, -0.1) is 0 Å². The van der Waals surface area contributed by atoms with Crippen molar-refractivity contribution in [3.8, 4) is 0 Å². The third kappa shape index (κ3) is 2.87. The molecule has 6 heteroatoms. The van der Waals surface area contributed by atoms with E-state index in [1.165, 1.54) is 6.07 Å². The Balaban J connectivity index is 1.65. The van der Waals surface area contributed by atoms with Gasteiger partial charge in [0, 0.05) is 23.2 Å². The third-order valence-electron chi connectivity index (χ3n) is 6.34. The zero-order valence-electron chi connectivity index (χ0n) is 15.3. The van der Waals surface area contributed by atoms with Gasteiger partial charge < -0.3 is 10.0 Å². The van der Waals surface area contributed by atoms with Crippen molar-refractivity contribution < 1.29 is 18.7 Å². The highest BCUT2D eigenvalue weighted by atomic mass is 19.3. The van der Waals surface area contributed by atoms with Gasteiger partial charge in [0.25, 0.3) is 5.91 Å². The Kier molecular flexibility index (Phi) is 4.54. The smallest absolute Gasteiger partial charge is 0.319 e. The van der Waals surface area contributed by atoms with Crippen LogP contribution in [-0.4, -0.2) is 39.2 Å². The van der Waals surface area contributed by atoms with Crippen LogP contribution in [0, 0.1) is 12.3 Å². The second-order valence-corrected chi connectivity index (χ2v) is 7.85. The summed E-state index contributed by atoms with van der Waals surface area (Å²) in [5.74, 6) is -0.348. The van der Waals surface area contributed by atoms with E-state index >= 15 is 0 Å². The first-order chi connectivity index (χ1) is 13.0. The number of amides is 1. The molecule has 3 heterocycles. The number of hydrogen-bond donors (Lipinski definition) is 1. The monoisotopic (exact) mass is 374 g/mol. The van der Waals surface area contributed by atoms with E-state index in [1.54, 1.807) is 17.9 Å². The molecule has 0 unspecified atom stereocenters. The van der Waals surface area contributed by atoms with Crippen LogP contribution >= 0.6 is 0 Å². The molecule has 4 rings (SSSR count). The van der Waals surface area contributed by atoms with Crippen molar-refractivity contribution in [3.63, 3.8) is 0 Å². The quantitative estimate of drug-likeness (QED) is 0.866. The average molecular weight is 374 g/mol. The topological polar surface area (TPSA) is 45.5 Å². The number of nitrogens with zero attached hydrogens (tertiary/aromatic N) is 2. The zero-order chi connectivity index (χ0) is 19.2. The number of aliphatic hydroxyl groups excluding tert-OH is 1. The Hall–Kier alpha value is -2.21. The number of rotatable bonds is 5. The average Bonchev–Trinajstić information content (AvgIpc) is 3.33. The molecule has 2 aliphatic rings. The molecule has 3 atom stereocenters. The minimum atomic E-state index is -2.74. The van der Waals surface area contributed by atoms with Crippen LogP contribution < -0.4 is 0 Å². The van der Waals surface area contributed by atoms with Crippen LogP contribution in [0.5, 0.6) is 0 Å². The number of carbonyl (C=O) groups excluding carboxylic acids is 1. The van der Waals surface area contributed by atoms with Crippen molar-refractivity contribution in [2.24, 2.45) is 5.41 Å². The van der Waals surface area contributed by atoms with Gasteiger partial charge >= 0.3 is 6.55 Å². The number of aliphatic hydroxyl groups is 1. The summed E-state index contributed by atoms with van der Waals surface area (Å²) in [6.45, 7) is -1.18. The molecular weight excluding hydrogens is 350 g/mol. The van der Waals surface area contributed by atoms with Crippen molar-refractivity contribution in [2.45, 2.75) is 51.2 Å². The SMILES string of the molecule is Cc1ccc(C(=O)N2[C@H]3CC[C@@H]2[C@@](CO)(Cc2ccccc2)C3)n1C(F)F. The Bertz CT molecular complexity index is 836. The van der Waals surface area contributed by atoms with Gasteiger partial charge in [-0.05, 0) is 50.3 Å². The summed E-state index contributed by atoms with van der Waals surface area (Å²) < 4.78 is 27.7. The molecule has 2 aromatic rings. The lowest BCUT2D eigenvalue weighted by molar-refractivity contribution is 0.0467. The number of carbonyl (C=O) groups is 1. The highest BCUT2D eigenvalue weighted by Gasteiger charge is 2.57. The van der Waals surface area contributed by atoms with Gasteiger partial charge in [-0.2, -0.15) is 8.78 Å². The van der Waals surface area contributed by atoms with E-state index in [2.05, 4.69) is 0 Å². The highest BCUT2D eigenvalue weighted by molar-refractivity contribution is 5.94. The van der Waals surface area contributed by atoms with Gasteiger partial charge in [-0.1, -0.05) is 30.3 Å². The second kappa shape index (κ2) is 6.75. The van der Waals surface area contributed by atoms with Gasteiger partial charge in [0.2, 0.25) is 0 Å². The molecule has 1 aromatic carbocycles. The summed E-state index contributed by atoms with van der Waals surface area (Å²) in [7, 11) is 0. The first-order valence-electron chi connectivity index (χ1n) is 9.40. The molecule has 2 saturated heterocycles. The van der Waals surface area contributed by atoms with Crippen molar-refractivity contribution in [1.82, 2.24) is 9.47 Å². The van der Waals surface area contributed by atoms with Gasteiger partial charge in [0.05, 0.1) is 6.61 Å². The number of halogens is 2. The van der Waals surface area contributed by atoms with E-state index < -0.39 is 12.0 Å². The summed E-state index contributed by atoms with van der Waals surface area (Å²) >= 11 is 0. The summed E-state index contributed by atoms with van der Waals surface area (Å²) in [5.41, 5.74) is 1.13. The summed E-state index contributed by atoms with van der Waals surface area (Å²) in [6, 6.07) is 12.9. The van der Waals surface area contributed by atoms with Crippen LogP contribution in [-0.2, 0) is 6.42 Å². The van der Waals surface area contributed by atoms with Crippen LogP contribution in [0.4, 0.5) is 8.78 Å². The Morgan fingerprint density at radius 3 is 2.63 bits per heavy atom. The van der Waals surface area contributed by atoms with E-state index in [1.807, 2.05) is 30.3 Å². The fourth-order valence-corrected chi connectivity index (χ4v) is 5.13. The fraction of sp³-hybridized carbons (Fsp3) is 0.476. The Morgan fingerprint density at radius 2 is 1.96 bits per heavy atom. The normalized spacial score (nSPS) is 26.9. The fourth-order valence-electron chi connectivity index (χ4n) is 5.13. The van der Waals surface area contributed by atoms with Crippen LogP contribution in [0.1, 0.15) is 47.6 Å². The maximum absolute atomic E-state index is 13.4. The summed E-state index contributed by atoms with van der Waals surface area (Å²) in [6.07, 6.45) is 3.06. The molecule has 2 aliphatic heterocycles. The number of hydrogen-bond acceptors (Lipinski definition) is 2. The van der Waals surface area contributed by atoms with E-state index in [0.29, 0.717) is 18.5 Å². The lowest BCUT2D eigenvalue weighted by Crippen LogP contribution is -2.44. The van der Waals surface area contributed by atoms with Crippen molar-refractivity contribution >= 4 is 5.91 Å². The second-order valence-electron chi connectivity index (χ2n) is 7.85. The number of benzene rings is 1. The molecule has 2 fully saturated rings. The van der Waals surface area contributed by atoms with Crippen molar-refractivity contribution in [1.29, 1.82) is 0 Å². The maximum atomic E-state index is 13.4. The van der Waals surface area contributed by atoms with E-state index in [-0.39, 0.29) is 30.3 Å². The largest absolute Gasteiger partial charge is 0.396 e. The van der Waals surface area contributed by atoms with Crippen molar-refractivity contribution in [2.75, 3.05) is 6.61 Å². The molecule has 0 spiro atoms. The molecular formula is C21H24F2N2O2. The van der Waals surface area contributed by atoms with Crippen LogP contribution in [0.15, 0.2) is 42.5 Å². The van der Waals surface area contributed by atoms with Crippen LogP contribution in [0.3, 0.4) is 0 Å². The molecule has 0 saturated carbocycles. The van der Waals surface area contributed by atoms with E-state index in [0.717, 1.165) is 23.0 Å². The van der Waals surface area contributed by atoms with E-state index in [4.69, 9.17) is 0 Å². The molecule has 1 N–H and O–H groups in total. The van der Waals surface area contributed by atoms with Crippen LogP contribution in [0.2, 0.25) is 0 Å². The van der Waals surface area contributed by atoms with Gasteiger partial charge in [-0.25, -0.2) is 0 Å². The Labute approximate surface area is 157 Å². The van der Waals surface area contributed by atoms with E-state index in [9.17, 15) is 18.7 Å². The Morgan fingerprint density at radius 1 is 1.22 bits per heavy atom. The maximum Gasteiger partial charge on any atom is 0.319 e. The van der Waals surface area contributed by atoms with Gasteiger partial charge in [0.15, 0.2) is 0 Å². The lowest BCUT2D eigenvalue weighted by atomic mass is 9.70. The molecule has 0 aliphatic carbocycles. The minimum Gasteiger partial charge on any atom is -0.396 e. The summed E-state index contributed by atoms with van der Waals surface area (Å²) in [5, 5.41) is 10.3. The molecule has 27 heavy (non-hydrogen) atoms. The molecule has 144 valence electrons. The predicted octanol–water partition coefficient (Wildman–Crippen LogP) is 3.79. The number of aromatic nitrogens is 1. The molecule has 1 aromatic heterocycles. The molecule has 0 radical (unpaired) electrons. The van der Waals surface area contributed by atoms with Gasteiger partial charge in [-0.3, -0.25) is 9.36 Å². The number of aryl methyl sites for hydroxylation is 1. The predicted molar refractivity (Wildman–Crippen MR) is 97.7 cm³/mol. The third-order valence-corrected chi connectivity index (χ3v) is 6.34. The van der Waals surface area contributed by atoms with Crippen LogP contribution in [0.25, 0.3) is 0 Å². The number of alkyl halides is 2. The van der Waals surface area contributed by atoms with Crippen molar-refractivity contribution in [3.05, 3.63) is 59.4 Å². The highest BCUT2D eigenvalue weighted by Crippen LogP contribution is 2.51. The zero-order valence-corrected chi connectivity index (χ0v) is 15.3. The first kappa shape index (κ1) is 18.2. The lowest BCUT2D eigenvalue weighted by Gasteiger charge is -2.36. The molecule has 2 bridgehead atoms. The summed E-state index contributed by atoms with van der Waals surface area (Å²) in [4.78, 5) is 15.0. The van der Waals surface area contributed by atoms with Gasteiger partial charge in [0.1, 0.15) is 5.69 Å².